The summed E-state index contributed by atoms with van der Waals surface area (Å²) in [5.74, 6) is 2.03. The molecule has 0 heterocycles. The molecule has 0 saturated heterocycles. The fourth-order valence-electron chi connectivity index (χ4n) is 1.88. The SMILES string of the molecule is Cc1cc(C(=N)N)ccc1CSCc1ccc(Cl)cc1. The highest BCUT2D eigenvalue weighted by molar-refractivity contribution is 7.97. The lowest BCUT2D eigenvalue weighted by atomic mass is 10.1. The standard InChI is InChI=1S/C16H17ClN2S/c1-11-8-13(16(18)19)4-5-14(11)10-20-9-12-2-6-15(17)7-3-12/h2-8H,9-10H2,1H3,(H3,18,19). The lowest BCUT2D eigenvalue weighted by molar-refractivity contribution is 1.28. The van der Waals surface area contributed by atoms with Crippen LogP contribution in [-0.2, 0) is 11.5 Å². The number of nitrogen functional groups attached to an aromatic ring is 1. The summed E-state index contributed by atoms with van der Waals surface area (Å²) in [5.41, 5.74) is 10.0. The second-order valence-corrected chi connectivity index (χ2v) is 6.10. The van der Waals surface area contributed by atoms with E-state index in [0.29, 0.717) is 0 Å². The molecule has 0 aliphatic rings. The number of hydrogen-bond donors (Lipinski definition) is 2. The molecular formula is C16H17ClN2S. The van der Waals surface area contributed by atoms with Crippen LogP contribution in [0.1, 0.15) is 22.3 Å². The first-order valence-corrected chi connectivity index (χ1v) is 7.85. The molecule has 0 aliphatic heterocycles. The Balaban J connectivity index is 1.94. The molecule has 0 bridgehead atoms. The zero-order chi connectivity index (χ0) is 14.5. The molecule has 0 aromatic heterocycles. The van der Waals surface area contributed by atoms with E-state index < -0.39 is 0 Å². The molecule has 2 rings (SSSR count). The van der Waals surface area contributed by atoms with Crippen molar-refractivity contribution < 1.29 is 0 Å². The van der Waals surface area contributed by atoms with Gasteiger partial charge in [-0.3, -0.25) is 5.41 Å². The van der Waals surface area contributed by atoms with Gasteiger partial charge in [0, 0.05) is 22.1 Å². The molecule has 20 heavy (non-hydrogen) atoms. The van der Waals surface area contributed by atoms with Crippen LogP contribution in [-0.4, -0.2) is 5.84 Å². The van der Waals surface area contributed by atoms with Gasteiger partial charge in [-0.25, -0.2) is 0 Å². The average Bonchev–Trinajstić information content (AvgIpc) is 2.42. The smallest absolute Gasteiger partial charge is 0.122 e. The van der Waals surface area contributed by atoms with Crippen LogP contribution in [0.5, 0.6) is 0 Å². The average molecular weight is 305 g/mol. The Hall–Kier alpha value is -1.45. The molecule has 3 N–H and O–H groups in total. The first-order valence-electron chi connectivity index (χ1n) is 6.32. The first kappa shape index (κ1) is 14.9. The highest BCUT2D eigenvalue weighted by atomic mass is 35.5. The first-order chi connectivity index (χ1) is 9.56. The summed E-state index contributed by atoms with van der Waals surface area (Å²) < 4.78 is 0. The molecule has 2 aromatic carbocycles. The van der Waals surface area contributed by atoms with Crippen LogP contribution in [0, 0.1) is 12.3 Å². The van der Waals surface area contributed by atoms with Crippen molar-refractivity contribution in [2.24, 2.45) is 5.73 Å². The fourth-order valence-corrected chi connectivity index (χ4v) is 3.08. The van der Waals surface area contributed by atoms with Gasteiger partial charge in [-0.15, -0.1) is 0 Å². The van der Waals surface area contributed by atoms with Gasteiger partial charge in [0.1, 0.15) is 5.84 Å². The summed E-state index contributed by atoms with van der Waals surface area (Å²) >= 11 is 7.73. The van der Waals surface area contributed by atoms with E-state index in [1.54, 1.807) is 0 Å². The number of nitrogens with two attached hydrogens (primary N) is 1. The second kappa shape index (κ2) is 6.82. The van der Waals surface area contributed by atoms with Crippen LogP contribution in [0.25, 0.3) is 0 Å². The Bertz CT molecular complexity index is 608. The van der Waals surface area contributed by atoms with Gasteiger partial charge in [0.25, 0.3) is 0 Å². The number of nitrogens with one attached hydrogen (secondary N) is 1. The molecule has 0 radical (unpaired) electrons. The van der Waals surface area contributed by atoms with E-state index >= 15 is 0 Å². The molecule has 4 heteroatoms. The van der Waals surface area contributed by atoms with Gasteiger partial charge >= 0.3 is 0 Å². The molecule has 0 unspecified atom stereocenters. The quantitative estimate of drug-likeness (QED) is 0.636. The van der Waals surface area contributed by atoms with Gasteiger partial charge in [0.15, 0.2) is 0 Å². The maximum atomic E-state index is 7.43. The number of benzene rings is 2. The Labute approximate surface area is 128 Å². The van der Waals surface area contributed by atoms with Gasteiger partial charge in [0.05, 0.1) is 0 Å². The second-order valence-electron chi connectivity index (χ2n) is 4.67. The van der Waals surface area contributed by atoms with E-state index in [1.807, 2.05) is 36.0 Å². The van der Waals surface area contributed by atoms with Crippen molar-refractivity contribution in [3.05, 3.63) is 69.7 Å². The number of thioether (sulfide) groups is 1. The number of amidine groups is 1. The molecule has 0 atom stereocenters. The summed E-state index contributed by atoms with van der Waals surface area (Å²) in [5, 5.41) is 8.20. The zero-order valence-corrected chi connectivity index (χ0v) is 12.9. The minimum Gasteiger partial charge on any atom is -0.384 e. The molecule has 104 valence electrons. The minimum absolute atomic E-state index is 0.119. The van der Waals surface area contributed by atoms with Gasteiger partial charge in [-0.05, 0) is 41.8 Å². The van der Waals surface area contributed by atoms with Crippen LogP contribution >= 0.6 is 23.4 Å². The Morgan fingerprint density at radius 2 is 1.85 bits per heavy atom. The topological polar surface area (TPSA) is 49.9 Å². The van der Waals surface area contributed by atoms with Gasteiger partial charge < -0.3 is 5.73 Å². The highest BCUT2D eigenvalue weighted by Crippen LogP contribution is 2.21. The normalized spacial score (nSPS) is 10.5. The maximum absolute atomic E-state index is 7.43. The summed E-state index contributed by atoms with van der Waals surface area (Å²) in [6, 6.07) is 13.9. The Morgan fingerprint density at radius 1 is 1.15 bits per heavy atom. The van der Waals surface area contributed by atoms with E-state index in [2.05, 4.69) is 25.1 Å². The van der Waals surface area contributed by atoms with Gasteiger partial charge in [-0.1, -0.05) is 35.9 Å². The Morgan fingerprint density at radius 3 is 2.45 bits per heavy atom. The van der Waals surface area contributed by atoms with Crippen molar-refractivity contribution in [2.75, 3.05) is 0 Å². The van der Waals surface area contributed by atoms with Crippen molar-refractivity contribution in [1.29, 1.82) is 5.41 Å². The fraction of sp³-hybridized carbons (Fsp3) is 0.188. The summed E-state index contributed by atoms with van der Waals surface area (Å²) in [6.07, 6.45) is 0. The monoisotopic (exact) mass is 304 g/mol. The predicted molar refractivity (Wildman–Crippen MR) is 88.6 cm³/mol. The van der Waals surface area contributed by atoms with Crippen molar-refractivity contribution >= 4 is 29.2 Å². The maximum Gasteiger partial charge on any atom is 0.122 e. The summed E-state index contributed by atoms with van der Waals surface area (Å²) in [4.78, 5) is 0. The van der Waals surface area contributed by atoms with Crippen molar-refractivity contribution in [1.82, 2.24) is 0 Å². The molecule has 2 nitrogen and oxygen atoms in total. The molecule has 0 fully saturated rings. The zero-order valence-electron chi connectivity index (χ0n) is 11.3. The van der Waals surface area contributed by atoms with Gasteiger partial charge in [0.2, 0.25) is 0 Å². The molecule has 0 saturated carbocycles. The largest absolute Gasteiger partial charge is 0.384 e. The molecule has 0 amide bonds. The van der Waals surface area contributed by atoms with Gasteiger partial charge in [-0.2, -0.15) is 11.8 Å². The minimum atomic E-state index is 0.119. The van der Waals surface area contributed by atoms with Crippen molar-refractivity contribution in [3.8, 4) is 0 Å². The van der Waals surface area contributed by atoms with E-state index in [4.69, 9.17) is 22.7 Å². The molecule has 0 aliphatic carbocycles. The number of aryl methyl sites for hydroxylation is 1. The van der Waals surface area contributed by atoms with Crippen LogP contribution in [0.4, 0.5) is 0 Å². The highest BCUT2D eigenvalue weighted by Gasteiger charge is 2.03. The molecular weight excluding hydrogens is 288 g/mol. The number of rotatable bonds is 5. The van der Waals surface area contributed by atoms with E-state index in [-0.39, 0.29) is 5.84 Å². The van der Waals surface area contributed by atoms with E-state index in [1.165, 1.54) is 16.7 Å². The number of hydrogen-bond acceptors (Lipinski definition) is 2. The Kier molecular flexibility index (Phi) is 5.10. The lowest BCUT2D eigenvalue weighted by Crippen LogP contribution is -2.11. The summed E-state index contributed by atoms with van der Waals surface area (Å²) in [6.45, 7) is 2.06. The number of halogens is 1. The third-order valence-corrected chi connectivity index (χ3v) is 4.40. The van der Waals surface area contributed by atoms with Crippen LogP contribution < -0.4 is 5.73 Å². The predicted octanol–water partition coefficient (Wildman–Crippen LogP) is 4.37. The van der Waals surface area contributed by atoms with Crippen LogP contribution in [0.3, 0.4) is 0 Å². The molecule has 0 spiro atoms. The van der Waals surface area contributed by atoms with Crippen molar-refractivity contribution in [3.63, 3.8) is 0 Å². The summed E-state index contributed by atoms with van der Waals surface area (Å²) in [7, 11) is 0. The van der Waals surface area contributed by atoms with E-state index in [9.17, 15) is 0 Å². The third kappa shape index (κ3) is 4.02. The van der Waals surface area contributed by atoms with Crippen LogP contribution in [0.15, 0.2) is 42.5 Å². The molecule has 2 aromatic rings. The lowest BCUT2D eigenvalue weighted by Gasteiger charge is -2.08. The van der Waals surface area contributed by atoms with Crippen LogP contribution in [0.2, 0.25) is 5.02 Å². The van der Waals surface area contributed by atoms with Crippen molar-refractivity contribution in [2.45, 2.75) is 18.4 Å². The third-order valence-electron chi connectivity index (χ3n) is 3.09. The van der Waals surface area contributed by atoms with E-state index in [0.717, 1.165) is 22.1 Å².